The van der Waals surface area contributed by atoms with Gasteiger partial charge in [-0.05, 0) is 46.8 Å². The predicted octanol–water partition coefficient (Wildman–Crippen LogP) is 3.78. The van der Waals surface area contributed by atoms with Gasteiger partial charge in [0.05, 0.1) is 12.8 Å². The first-order valence-corrected chi connectivity index (χ1v) is 12.6. The van der Waals surface area contributed by atoms with Crippen LogP contribution in [0.5, 0.6) is 5.75 Å². The number of piperazine rings is 1. The molecule has 1 saturated heterocycles. The first kappa shape index (κ1) is 26.2. The maximum atomic E-state index is 13.5. The highest BCUT2D eigenvalue weighted by molar-refractivity contribution is 7.54. The van der Waals surface area contributed by atoms with E-state index in [9.17, 15) is 14.2 Å². The zero-order valence-electron chi connectivity index (χ0n) is 19.6. The van der Waals surface area contributed by atoms with Crippen LogP contribution in [0.3, 0.4) is 0 Å². The summed E-state index contributed by atoms with van der Waals surface area (Å²) in [5.41, 5.74) is -0.539. The third kappa shape index (κ3) is 8.81. The smallest absolute Gasteiger partial charge is 0.410 e. The summed E-state index contributed by atoms with van der Waals surface area (Å²) in [4.78, 5) is 28.0. The first-order valence-electron chi connectivity index (χ1n) is 10.9. The number of rotatable bonds is 9. The van der Waals surface area contributed by atoms with Gasteiger partial charge in [-0.3, -0.25) is 9.42 Å². The number of hydrogen-bond donors (Lipinski definition) is 0. The fraction of sp³-hybridized carbons (Fsp3) is 0.636. The summed E-state index contributed by atoms with van der Waals surface area (Å²) in [6, 6.07) is 8.73. The lowest BCUT2D eigenvalue weighted by Gasteiger charge is -2.36. The number of nitrogens with zero attached hydrogens (tertiary/aromatic N) is 2. The van der Waals surface area contributed by atoms with Crippen molar-refractivity contribution in [2.45, 2.75) is 46.3 Å². The number of ether oxygens (including phenoxy) is 2. The van der Waals surface area contributed by atoms with E-state index in [-0.39, 0.29) is 18.9 Å². The standard InChI is InChI=1S/C22H35N2O7P/c1-6-28-20(25)18(2)30-32(27,31-19-10-8-7-9-11-19)17-16-23-12-14-24(15-13-23)21(26)29-22(3,4)5/h7-11,18H,6,12-17H2,1-5H3/t18-,32?/m1/s1. The molecule has 1 aromatic carbocycles. The van der Waals surface area contributed by atoms with Crippen molar-refractivity contribution in [3.8, 4) is 5.75 Å². The molecule has 0 aliphatic carbocycles. The minimum Gasteiger partial charge on any atom is -0.464 e. The van der Waals surface area contributed by atoms with E-state index in [2.05, 4.69) is 4.90 Å². The molecule has 180 valence electrons. The predicted molar refractivity (Wildman–Crippen MR) is 121 cm³/mol. The van der Waals surface area contributed by atoms with Crippen LogP contribution in [0.15, 0.2) is 30.3 Å². The second kappa shape index (κ2) is 11.7. The van der Waals surface area contributed by atoms with Crippen LogP contribution in [0.2, 0.25) is 0 Å². The van der Waals surface area contributed by atoms with Crippen molar-refractivity contribution in [1.82, 2.24) is 9.80 Å². The molecule has 1 fully saturated rings. The van der Waals surface area contributed by atoms with Crippen molar-refractivity contribution in [1.29, 1.82) is 0 Å². The second-order valence-corrected chi connectivity index (χ2v) is 10.6. The summed E-state index contributed by atoms with van der Waals surface area (Å²) in [7, 11) is -3.65. The molecule has 1 aromatic rings. The van der Waals surface area contributed by atoms with E-state index < -0.39 is 25.3 Å². The molecule has 0 spiro atoms. The molecule has 0 N–H and O–H groups in total. The fourth-order valence-corrected chi connectivity index (χ4v) is 4.83. The van der Waals surface area contributed by atoms with Crippen molar-refractivity contribution in [2.75, 3.05) is 45.5 Å². The van der Waals surface area contributed by atoms with Gasteiger partial charge >= 0.3 is 19.7 Å². The Bertz CT molecular complexity index is 789. The lowest BCUT2D eigenvalue weighted by molar-refractivity contribution is -0.150. The molecule has 0 saturated carbocycles. The molecule has 32 heavy (non-hydrogen) atoms. The summed E-state index contributed by atoms with van der Waals surface area (Å²) in [6.07, 6.45) is -1.26. The zero-order chi connectivity index (χ0) is 23.8. The van der Waals surface area contributed by atoms with E-state index in [0.29, 0.717) is 38.5 Å². The van der Waals surface area contributed by atoms with Gasteiger partial charge in [-0.25, -0.2) is 14.2 Å². The molecule has 1 unspecified atom stereocenters. The van der Waals surface area contributed by atoms with Crippen molar-refractivity contribution in [3.63, 3.8) is 0 Å². The lowest BCUT2D eigenvalue weighted by atomic mass is 10.2. The maximum absolute atomic E-state index is 13.5. The van der Waals surface area contributed by atoms with Gasteiger partial charge < -0.3 is 18.9 Å². The Hall–Kier alpha value is -2.09. The van der Waals surface area contributed by atoms with Crippen LogP contribution >= 0.6 is 7.60 Å². The summed E-state index contributed by atoms with van der Waals surface area (Å²) in [6.45, 7) is 11.6. The molecule has 10 heteroatoms. The number of para-hydroxylation sites is 1. The van der Waals surface area contributed by atoms with Crippen LogP contribution in [0.1, 0.15) is 34.6 Å². The van der Waals surface area contributed by atoms with E-state index in [1.54, 1.807) is 36.1 Å². The molecule has 1 heterocycles. The van der Waals surface area contributed by atoms with Crippen LogP contribution in [-0.2, 0) is 23.4 Å². The first-order chi connectivity index (χ1) is 15.0. The average Bonchev–Trinajstić information content (AvgIpc) is 2.72. The van der Waals surface area contributed by atoms with E-state index in [1.165, 1.54) is 6.92 Å². The molecular formula is C22H35N2O7P. The molecule has 0 bridgehead atoms. The highest BCUT2D eigenvalue weighted by atomic mass is 31.2. The average molecular weight is 471 g/mol. The van der Waals surface area contributed by atoms with Crippen molar-refractivity contribution >= 4 is 19.7 Å². The van der Waals surface area contributed by atoms with Crippen molar-refractivity contribution < 1.29 is 32.7 Å². The molecule has 1 aliphatic rings. The van der Waals surface area contributed by atoms with Gasteiger partial charge in [0.1, 0.15) is 11.4 Å². The highest BCUT2D eigenvalue weighted by Crippen LogP contribution is 2.49. The number of amides is 1. The quantitative estimate of drug-likeness (QED) is 0.398. The summed E-state index contributed by atoms with van der Waals surface area (Å²) >= 11 is 0. The molecule has 1 aliphatic heterocycles. The molecule has 0 radical (unpaired) electrons. The normalized spacial score (nSPS) is 17.8. The number of hydrogen-bond acceptors (Lipinski definition) is 8. The van der Waals surface area contributed by atoms with Crippen LogP contribution in [0, 0.1) is 0 Å². The Morgan fingerprint density at radius 1 is 1.09 bits per heavy atom. The van der Waals surface area contributed by atoms with Gasteiger partial charge in [-0.1, -0.05) is 18.2 Å². The Morgan fingerprint density at radius 3 is 2.28 bits per heavy atom. The summed E-state index contributed by atoms with van der Waals surface area (Å²) < 4.78 is 35.2. The SMILES string of the molecule is CCOC(=O)[C@@H](C)OP(=O)(CCN1CCN(C(=O)OC(C)(C)C)CC1)Oc1ccccc1. The van der Waals surface area contributed by atoms with Gasteiger partial charge in [-0.2, -0.15) is 0 Å². The second-order valence-electron chi connectivity index (χ2n) is 8.55. The molecule has 2 rings (SSSR count). The van der Waals surface area contributed by atoms with E-state index >= 15 is 0 Å². The monoisotopic (exact) mass is 470 g/mol. The van der Waals surface area contributed by atoms with E-state index in [0.717, 1.165) is 0 Å². The number of benzene rings is 1. The fourth-order valence-electron chi connectivity index (χ4n) is 3.05. The molecule has 1 amide bonds. The van der Waals surface area contributed by atoms with Gasteiger partial charge in [0.2, 0.25) is 0 Å². The van der Waals surface area contributed by atoms with Gasteiger partial charge in [0, 0.05) is 32.7 Å². The highest BCUT2D eigenvalue weighted by Gasteiger charge is 2.34. The molecular weight excluding hydrogens is 435 g/mol. The minimum atomic E-state index is -3.65. The Morgan fingerprint density at radius 2 is 1.72 bits per heavy atom. The van der Waals surface area contributed by atoms with Crippen LogP contribution in [0.4, 0.5) is 4.79 Å². The summed E-state index contributed by atoms with van der Waals surface area (Å²) in [5, 5.41) is 0. The van der Waals surface area contributed by atoms with E-state index in [4.69, 9.17) is 18.5 Å². The Kier molecular flexibility index (Phi) is 9.55. The molecule has 0 aromatic heterocycles. The number of carbonyl (C=O) groups excluding carboxylic acids is 2. The molecule has 2 atom stereocenters. The van der Waals surface area contributed by atoms with Crippen LogP contribution < -0.4 is 4.52 Å². The topological polar surface area (TPSA) is 94.6 Å². The summed E-state index contributed by atoms with van der Waals surface area (Å²) in [5.74, 6) is -0.183. The van der Waals surface area contributed by atoms with Gasteiger partial charge in [0.25, 0.3) is 0 Å². The minimum absolute atomic E-state index is 0.0953. The Labute approximate surface area is 190 Å². The molecule has 9 nitrogen and oxygen atoms in total. The van der Waals surface area contributed by atoms with Crippen LogP contribution in [-0.4, -0.2) is 79.1 Å². The van der Waals surface area contributed by atoms with Crippen LogP contribution in [0.25, 0.3) is 0 Å². The lowest BCUT2D eigenvalue weighted by Crippen LogP contribution is -2.50. The Balaban J connectivity index is 1.96. The largest absolute Gasteiger partial charge is 0.464 e. The van der Waals surface area contributed by atoms with E-state index in [1.807, 2.05) is 26.8 Å². The van der Waals surface area contributed by atoms with Crippen molar-refractivity contribution in [2.24, 2.45) is 0 Å². The zero-order valence-corrected chi connectivity index (χ0v) is 20.5. The van der Waals surface area contributed by atoms with Gasteiger partial charge in [-0.15, -0.1) is 0 Å². The number of carbonyl (C=O) groups is 2. The maximum Gasteiger partial charge on any atom is 0.410 e. The van der Waals surface area contributed by atoms with Gasteiger partial charge in [0.15, 0.2) is 6.10 Å². The third-order valence-corrected chi connectivity index (χ3v) is 6.51. The third-order valence-electron chi connectivity index (χ3n) is 4.64. The number of esters is 1. The van der Waals surface area contributed by atoms with Crippen molar-refractivity contribution in [3.05, 3.63) is 30.3 Å².